The van der Waals surface area contributed by atoms with Crippen LogP contribution in [-0.2, 0) is 0 Å². The first-order valence-electron chi connectivity index (χ1n) is 6.96. The van der Waals surface area contributed by atoms with E-state index in [0.717, 1.165) is 25.3 Å². The Bertz CT molecular complexity index is 361. The van der Waals surface area contributed by atoms with Gasteiger partial charge in [0.2, 0.25) is 0 Å². The first kappa shape index (κ1) is 13.2. The van der Waals surface area contributed by atoms with E-state index in [-0.39, 0.29) is 0 Å². The number of nitrogens with two attached hydrogens (primary N) is 1. The van der Waals surface area contributed by atoms with Crippen molar-refractivity contribution in [2.75, 3.05) is 25.1 Å². The Balaban J connectivity index is 2.20. The summed E-state index contributed by atoms with van der Waals surface area (Å²) < 4.78 is 5.49. The molecule has 0 heterocycles. The molecule has 2 rings (SSSR count). The van der Waals surface area contributed by atoms with E-state index in [1.807, 2.05) is 12.1 Å². The molecule has 0 spiro atoms. The molecule has 1 aliphatic rings. The Labute approximate surface area is 110 Å². The van der Waals surface area contributed by atoms with Crippen LogP contribution in [0, 0.1) is 0 Å². The molecule has 0 bridgehead atoms. The van der Waals surface area contributed by atoms with Crippen molar-refractivity contribution < 1.29 is 4.74 Å². The maximum absolute atomic E-state index is 5.67. The van der Waals surface area contributed by atoms with Gasteiger partial charge in [-0.05, 0) is 37.9 Å². The summed E-state index contributed by atoms with van der Waals surface area (Å²) in [6.45, 7) is 1.78. The molecule has 1 aliphatic carbocycles. The minimum atomic E-state index is 0.660. The maximum Gasteiger partial charge on any atom is 0.142 e. The summed E-state index contributed by atoms with van der Waals surface area (Å²) in [6.07, 6.45) is 6.32. The second-order valence-corrected chi connectivity index (χ2v) is 4.95. The maximum atomic E-state index is 5.67. The van der Waals surface area contributed by atoms with E-state index >= 15 is 0 Å². The van der Waals surface area contributed by atoms with E-state index in [1.165, 1.54) is 31.4 Å². The molecule has 3 nitrogen and oxygen atoms in total. The monoisotopic (exact) mass is 248 g/mol. The van der Waals surface area contributed by atoms with Crippen LogP contribution in [0.15, 0.2) is 24.3 Å². The van der Waals surface area contributed by atoms with E-state index < -0.39 is 0 Å². The molecule has 0 amide bonds. The highest BCUT2D eigenvalue weighted by Gasteiger charge is 2.24. The van der Waals surface area contributed by atoms with Crippen LogP contribution in [0.25, 0.3) is 0 Å². The molecule has 1 fully saturated rings. The summed E-state index contributed by atoms with van der Waals surface area (Å²) in [6, 6.07) is 8.97. The van der Waals surface area contributed by atoms with Crippen LogP contribution in [0.5, 0.6) is 5.75 Å². The molecule has 0 atom stereocenters. The number of anilines is 1. The van der Waals surface area contributed by atoms with Crippen LogP contribution < -0.4 is 15.4 Å². The minimum absolute atomic E-state index is 0.660. The number of benzene rings is 1. The Morgan fingerprint density at radius 1 is 1.28 bits per heavy atom. The standard InChI is InChI=1S/C15H24N2O/c1-18-15-10-5-4-9-14(15)17(12-6-11-16)13-7-2-3-8-13/h4-5,9-10,13H,2-3,6-8,11-12,16H2,1H3. The zero-order chi connectivity index (χ0) is 12.8. The van der Waals surface area contributed by atoms with Crippen LogP contribution in [0.1, 0.15) is 32.1 Å². The molecule has 0 aromatic heterocycles. The molecule has 100 valence electrons. The fraction of sp³-hybridized carbons (Fsp3) is 0.600. The lowest BCUT2D eigenvalue weighted by atomic mass is 10.1. The van der Waals surface area contributed by atoms with Gasteiger partial charge in [0.05, 0.1) is 12.8 Å². The van der Waals surface area contributed by atoms with E-state index in [4.69, 9.17) is 10.5 Å². The molecule has 0 saturated heterocycles. The van der Waals surface area contributed by atoms with Gasteiger partial charge in [0.15, 0.2) is 0 Å². The summed E-state index contributed by atoms with van der Waals surface area (Å²) in [5.41, 5.74) is 6.89. The molecular weight excluding hydrogens is 224 g/mol. The number of para-hydroxylation sites is 2. The van der Waals surface area contributed by atoms with Gasteiger partial charge in [0.1, 0.15) is 5.75 Å². The Hall–Kier alpha value is -1.22. The molecule has 1 saturated carbocycles. The van der Waals surface area contributed by atoms with Gasteiger partial charge in [0.25, 0.3) is 0 Å². The third-order valence-electron chi connectivity index (χ3n) is 3.76. The topological polar surface area (TPSA) is 38.5 Å². The lowest BCUT2D eigenvalue weighted by Crippen LogP contribution is -2.35. The summed E-state index contributed by atoms with van der Waals surface area (Å²) in [5.74, 6) is 0.974. The molecule has 1 aromatic carbocycles. The Kier molecular flexibility index (Phi) is 4.88. The first-order chi connectivity index (χ1) is 8.86. The van der Waals surface area contributed by atoms with Gasteiger partial charge in [-0.2, -0.15) is 0 Å². The average Bonchev–Trinajstić information content (AvgIpc) is 2.94. The number of hydrogen-bond donors (Lipinski definition) is 1. The third kappa shape index (κ3) is 2.96. The Morgan fingerprint density at radius 3 is 2.67 bits per heavy atom. The fourth-order valence-electron chi connectivity index (χ4n) is 2.84. The van der Waals surface area contributed by atoms with Crippen molar-refractivity contribution in [2.45, 2.75) is 38.1 Å². The highest BCUT2D eigenvalue weighted by molar-refractivity contribution is 5.59. The molecule has 3 heteroatoms. The predicted molar refractivity (Wildman–Crippen MR) is 76.3 cm³/mol. The largest absolute Gasteiger partial charge is 0.495 e. The smallest absolute Gasteiger partial charge is 0.142 e. The summed E-state index contributed by atoms with van der Waals surface area (Å²) in [5, 5.41) is 0. The lowest BCUT2D eigenvalue weighted by Gasteiger charge is -2.32. The van der Waals surface area contributed by atoms with Crippen LogP contribution >= 0.6 is 0 Å². The molecule has 0 unspecified atom stereocenters. The Morgan fingerprint density at radius 2 is 2.00 bits per heavy atom. The van der Waals surface area contributed by atoms with Gasteiger partial charge in [-0.3, -0.25) is 0 Å². The SMILES string of the molecule is COc1ccccc1N(CCCN)C1CCCC1. The second-order valence-electron chi connectivity index (χ2n) is 4.95. The van der Waals surface area contributed by atoms with Crippen LogP contribution in [0.4, 0.5) is 5.69 Å². The minimum Gasteiger partial charge on any atom is -0.495 e. The molecule has 0 radical (unpaired) electrons. The van der Waals surface area contributed by atoms with Crippen molar-refractivity contribution in [3.05, 3.63) is 24.3 Å². The number of hydrogen-bond acceptors (Lipinski definition) is 3. The first-order valence-corrected chi connectivity index (χ1v) is 6.96. The highest BCUT2D eigenvalue weighted by atomic mass is 16.5. The summed E-state index contributed by atoms with van der Waals surface area (Å²) >= 11 is 0. The van der Waals surface area contributed by atoms with Gasteiger partial charge in [-0.1, -0.05) is 25.0 Å². The quantitative estimate of drug-likeness (QED) is 0.841. The van der Waals surface area contributed by atoms with Crippen LogP contribution in [-0.4, -0.2) is 26.2 Å². The van der Waals surface area contributed by atoms with Gasteiger partial charge < -0.3 is 15.4 Å². The van der Waals surface area contributed by atoms with Gasteiger partial charge in [-0.25, -0.2) is 0 Å². The van der Waals surface area contributed by atoms with E-state index in [2.05, 4.69) is 17.0 Å². The van der Waals surface area contributed by atoms with Crippen LogP contribution in [0.3, 0.4) is 0 Å². The van der Waals surface area contributed by atoms with Gasteiger partial charge >= 0.3 is 0 Å². The number of nitrogens with zero attached hydrogens (tertiary/aromatic N) is 1. The highest BCUT2D eigenvalue weighted by Crippen LogP contribution is 2.34. The molecule has 1 aromatic rings. The van der Waals surface area contributed by atoms with Crippen molar-refractivity contribution in [2.24, 2.45) is 5.73 Å². The van der Waals surface area contributed by atoms with Gasteiger partial charge in [-0.15, -0.1) is 0 Å². The van der Waals surface area contributed by atoms with Crippen LogP contribution in [0.2, 0.25) is 0 Å². The average molecular weight is 248 g/mol. The second kappa shape index (κ2) is 6.64. The summed E-state index contributed by atoms with van der Waals surface area (Å²) in [4.78, 5) is 2.50. The predicted octanol–water partition coefficient (Wildman–Crippen LogP) is 2.79. The lowest BCUT2D eigenvalue weighted by molar-refractivity contribution is 0.412. The van der Waals surface area contributed by atoms with Crippen molar-refractivity contribution in [3.63, 3.8) is 0 Å². The van der Waals surface area contributed by atoms with Gasteiger partial charge in [0, 0.05) is 12.6 Å². The summed E-state index contributed by atoms with van der Waals surface area (Å²) in [7, 11) is 1.74. The fourth-order valence-corrected chi connectivity index (χ4v) is 2.84. The third-order valence-corrected chi connectivity index (χ3v) is 3.76. The molecule has 18 heavy (non-hydrogen) atoms. The molecular formula is C15H24N2O. The van der Waals surface area contributed by atoms with Crippen molar-refractivity contribution in [3.8, 4) is 5.75 Å². The number of rotatable bonds is 6. The van der Waals surface area contributed by atoms with E-state index in [9.17, 15) is 0 Å². The molecule has 0 aliphatic heterocycles. The molecule has 2 N–H and O–H groups in total. The normalized spacial score (nSPS) is 15.9. The zero-order valence-electron chi connectivity index (χ0n) is 11.3. The zero-order valence-corrected chi connectivity index (χ0v) is 11.3. The van der Waals surface area contributed by atoms with Crippen molar-refractivity contribution in [1.29, 1.82) is 0 Å². The van der Waals surface area contributed by atoms with E-state index in [1.54, 1.807) is 7.11 Å². The van der Waals surface area contributed by atoms with Crippen molar-refractivity contribution in [1.82, 2.24) is 0 Å². The van der Waals surface area contributed by atoms with Crippen molar-refractivity contribution >= 4 is 5.69 Å². The number of ether oxygens (including phenoxy) is 1. The van der Waals surface area contributed by atoms with E-state index in [0.29, 0.717) is 6.04 Å². The number of methoxy groups -OCH3 is 1.